The van der Waals surface area contributed by atoms with E-state index in [1.807, 2.05) is 6.07 Å². The van der Waals surface area contributed by atoms with Crippen LogP contribution in [-0.2, 0) is 5.41 Å². The van der Waals surface area contributed by atoms with Crippen LogP contribution in [0.5, 0.6) is 0 Å². The van der Waals surface area contributed by atoms with E-state index in [9.17, 15) is 0 Å². The van der Waals surface area contributed by atoms with Gasteiger partial charge < -0.3 is 8.98 Å². The number of para-hydroxylation sites is 5. The van der Waals surface area contributed by atoms with E-state index in [4.69, 9.17) is 14.4 Å². The Kier molecular flexibility index (Phi) is 5.78. The highest BCUT2D eigenvalue weighted by atomic mass is 16.3. The zero-order chi connectivity index (χ0) is 35.7. The molecule has 1 aliphatic rings. The molecule has 4 aromatic heterocycles. The van der Waals surface area contributed by atoms with Crippen molar-refractivity contribution >= 4 is 65.7 Å². The Balaban J connectivity index is 1.06. The summed E-state index contributed by atoms with van der Waals surface area (Å²) in [4.78, 5) is 10.6. The van der Waals surface area contributed by atoms with Crippen molar-refractivity contribution in [3.05, 3.63) is 169 Å². The first-order valence-corrected chi connectivity index (χ1v) is 18.5. The summed E-state index contributed by atoms with van der Waals surface area (Å²) >= 11 is 0. The number of rotatable bonds is 3. The van der Waals surface area contributed by atoms with Crippen molar-refractivity contribution < 1.29 is 4.42 Å². The molecule has 7 aromatic carbocycles. The number of hydrogen-bond donors (Lipinski definition) is 0. The van der Waals surface area contributed by atoms with Crippen LogP contribution in [0.1, 0.15) is 25.0 Å². The molecule has 0 N–H and O–H groups in total. The second kappa shape index (κ2) is 10.6. The fourth-order valence-corrected chi connectivity index (χ4v) is 9.21. The van der Waals surface area contributed by atoms with Crippen molar-refractivity contribution in [2.24, 2.45) is 0 Å². The monoisotopic (exact) mass is 692 g/mol. The van der Waals surface area contributed by atoms with Crippen LogP contribution in [0.25, 0.3) is 99.7 Å². The Bertz CT molecular complexity index is 3320. The number of furan rings is 1. The predicted molar refractivity (Wildman–Crippen MR) is 221 cm³/mol. The summed E-state index contributed by atoms with van der Waals surface area (Å²) in [6, 6.07) is 56.1. The summed E-state index contributed by atoms with van der Waals surface area (Å²) < 4.78 is 11.3. The summed E-state index contributed by atoms with van der Waals surface area (Å²) in [5.41, 5.74) is 13.7. The fraction of sp³-hybridized carbons (Fsp3) is 0.0612. The molecule has 54 heavy (non-hydrogen) atoms. The van der Waals surface area contributed by atoms with E-state index in [1.165, 1.54) is 49.2 Å². The van der Waals surface area contributed by atoms with Crippen molar-refractivity contribution in [3.63, 3.8) is 0 Å². The van der Waals surface area contributed by atoms with E-state index in [0.29, 0.717) is 5.82 Å². The molecule has 0 radical (unpaired) electrons. The average molecular weight is 693 g/mol. The van der Waals surface area contributed by atoms with Gasteiger partial charge in [0.25, 0.3) is 0 Å². The Morgan fingerprint density at radius 2 is 1.20 bits per heavy atom. The molecule has 5 heterocycles. The Labute approximate surface area is 310 Å². The minimum atomic E-state index is -0.269. The lowest BCUT2D eigenvalue weighted by Crippen LogP contribution is -2.26. The second-order valence-electron chi connectivity index (χ2n) is 15.0. The first kappa shape index (κ1) is 29.6. The van der Waals surface area contributed by atoms with Gasteiger partial charge in [-0.2, -0.15) is 0 Å². The molecule has 0 bridgehead atoms. The van der Waals surface area contributed by atoms with Crippen LogP contribution in [0.4, 0.5) is 0 Å². The van der Waals surface area contributed by atoms with Crippen LogP contribution in [0.2, 0.25) is 0 Å². The van der Waals surface area contributed by atoms with Crippen LogP contribution in [0.3, 0.4) is 0 Å². The van der Waals surface area contributed by atoms with Crippen molar-refractivity contribution in [3.8, 4) is 34.0 Å². The van der Waals surface area contributed by atoms with Crippen LogP contribution in [0, 0.1) is 0 Å². The topological polar surface area (TPSA) is 48.8 Å². The third kappa shape index (κ3) is 3.88. The van der Waals surface area contributed by atoms with Gasteiger partial charge in [0.2, 0.25) is 5.71 Å². The molecule has 0 aliphatic carbocycles. The van der Waals surface area contributed by atoms with E-state index in [0.717, 1.165) is 55.8 Å². The molecule has 5 heteroatoms. The highest BCUT2D eigenvalue weighted by molar-refractivity contribution is 6.21. The molecule has 0 amide bonds. The zero-order valence-corrected chi connectivity index (χ0v) is 29.7. The molecule has 5 nitrogen and oxygen atoms in total. The molecule has 0 atom stereocenters. The zero-order valence-electron chi connectivity index (χ0n) is 29.7. The molecule has 0 fully saturated rings. The summed E-state index contributed by atoms with van der Waals surface area (Å²) in [5.74, 6) is 0.699. The highest BCUT2D eigenvalue weighted by Crippen LogP contribution is 2.50. The molecule has 1 aliphatic heterocycles. The van der Waals surface area contributed by atoms with Crippen molar-refractivity contribution in [1.29, 1.82) is 0 Å². The van der Waals surface area contributed by atoms with Gasteiger partial charge in [0, 0.05) is 49.2 Å². The van der Waals surface area contributed by atoms with E-state index >= 15 is 0 Å². The lowest BCUT2D eigenvalue weighted by Gasteiger charge is -2.34. The Morgan fingerprint density at radius 3 is 2.02 bits per heavy atom. The van der Waals surface area contributed by atoms with Crippen molar-refractivity contribution in [2.45, 2.75) is 19.3 Å². The molecule has 254 valence electrons. The number of nitrogens with zero attached hydrogens (tertiary/aromatic N) is 4. The van der Waals surface area contributed by atoms with E-state index in [1.54, 1.807) is 0 Å². The summed E-state index contributed by atoms with van der Waals surface area (Å²) in [6.07, 6.45) is 0. The largest absolute Gasteiger partial charge is 0.439 e. The van der Waals surface area contributed by atoms with Gasteiger partial charge in [-0.3, -0.25) is 4.57 Å². The highest BCUT2D eigenvalue weighted by Gasteiger charge is 2.37. The van der Waals surface area contributed by atoms with Crippen molar-refractivity contribution in [1.82, 2.24) is 19.1 Å². The molecule has 0 spiro atoms. The van der Waals surface area contributed by atoms with Crippen LogP contribution < -0.4 is 0 Å². The van der Waals surface area contributed by atoms with Gasteiger partial charge in [0.1, 0.15) is 5.58 Å². The van der Waals surface area contributed by atoms with Crippen LogP contribution in [-0.4, -0.2) is 19.1 Å². The molecule has 11 aromatic rings. The summed E-state index contributed by atoms with van der Waals surface area (Å²) in [5, 5.41) is 7.05. The van der Waals surface area contributed by atoms with E-state index < -0.39 is 0 Å². The van der Waals surface area contributed by atoms with Gasteiger partial charge in [-0.25, -0.2) is 9.97 Å². The summed E-state index contributed by atoms with van der Waals surface area (Å²) in [6.45, 7) is 4.68. The number of fused-ring (bicyclic) bond motifs is 11. The third-order valence-corrected chi connectivity index (χ3v) is 11.7. The van der Waals surface area contributed by atoms with Crippen LogP contribution >= 0.6 is 0 Å². The maximum absolute atomic E-state index is 6.63. The fourth-order valence-electron chi connectivity index (χ4n) is 9.21. The number of benzene rings is 7. The molecule has 0 saturated carbocycles. The van der Waals surface area contributed by atoms with Gasteiger partial charge >= 0.3 is 0 Å². The molecular formula is C49H32N4O. The number of hydrogen-bond acceptors (Lipinski definition) is 3. The minimum Gasteiger partial charge on any atom is -0.439 e. The smallest absolute Gasteiger partial charge is 0.213 e. The minimum absolute atomic E-state index is 0.269. The second-order valence-corrected chi connectivity index (χ2v) is 15.0. The van der Waals surface area contributed by atoms with E-state index in [2.05, 4.69) is 175 Å². The molecule has 0 saturated heterocycles. The lowest BCUT2D eigenvalue weighted by molar-refractivity contribution is 0.612. The van der Waals surface area contributed by atoms with Gasteiger partial charge in [-0.05, 0) is 59.7 Å². The van der Waals surface area contributed by atoms with Gasteiger partial charge in [-0.15, -0.1) is 0 Å². The molecule has 0 unspecified atom stereocenters. The number of aromatic nitrogens is 4. The maximum Gasteiger partial charge on any atom is 0.213 e. The third-order valence-electron chi connectivity index (χ3n) is 11.7. The van der Waals surface area contributed by atoms with Crippen molar-refractivity contribution in [2.75, 3.05) is 0 Å². The Morgan fingerprint density at radius 1 is 0.519 bits per heavy atom. The first-order chi connectivity index (χ1) is 26.5. The lowest BCUT2D eigenvalue weighted by atomic mass is 9.74. The average Bonchev–Trinajstić information content (AvgIpc) is 3.87. The van der Waals surface area contributed by atoms with Gasteiger partial charge in [-0.1, -0.05) is 123 Å². The van der Waals surface area contributed by atoms with Crippen LogP contribution in [0.15, 0.2) is 162 Å². The predicted octanol–water partition coefficient (Wildman–Crippen LogP) is 12.5. The normalized spacial score (nSPS) is 13.5. The summed E-state index contributed by atoms with van der Waals surface area (Å²) in [7, 11) is 0. The molecular weight excluding hydrogens is 661 g/mol. The van der Waals surface area contributed by atoms with Gasteiger partial charge in [0.05, 0.1) is 38.8 Å². The quantitative estimate of drug-likeness (QED) is 0.185. The van der Waals surface area contributed by atoms with Gasteiger partial charge in [0.15, 0.2) is 5.82 Å². The molecule has 12 rings (SSSR count). The Hall–Kier alpha value is -6.98. The SMILES string of the molecule is CC1(C)c2cc(-c3nc(-c4cccc(-n5c6ccccc6c6ccccc65)c4)nc4ccccc34)ccc2-n2c3oc4ccccc4c3c3cccc1c32. The van der Waals surface area contributed by atoms with E-state index in [-0.39, 0.29) is 5.41 Å². The standard InChI is InChI=1S/C49H32N4O/c1-49(2)37-20-12-19-36-44-35-18-6-10-24-43(35)54-48(44)53(46(36)37)42-26-25-29(28-38(42)49)45-34-17-3-7-21-39(34)50-47(51-45)30-13-11-14-31(27-30)52-40-22-8-4-15-32(40)33-16-5-9-23-41(33)52/h3-28H,1-2H3. The maximum atomic E-state index is 6.63. The first-order valence-electron chi connectivity index (χ1n) is 18.5.